The molecular formula is C19H16BrClN4. The fraction of sp³-hybridized carbons (Fsp3) is 0.211. The minimum atomic E-state index is -0.730. The minimum absolute atomic E-state index is 0.431. The molecule has 0 spiro atoms. The number of benzene rings is 2. The first-order valence-corrected chi connectivity index (χ1v) is 9.02. The molecule has 0 aliphatic heterocycles. The number of nitriles is 1. The second kappa shape index (κ2) is 7.81. The van der Waals surface area contributed by atoms with E-state index in [1.54, 1.807) is 11.0 Å². The highest BCUT2D eigenvalue weighted by molar-refractivity contribution is 9.10. The molecule has 3 aromatic rings. The van der Waals surface area contributed by atoms with Gasteiger partial charge in [0.1, 0.15) is 18.1 Å². The molecule has 0 bridgehead atoms. The molecule has 6 heteroatoms. The Hall–Kier alpha value is -2.16. The van der Waals surface area contributed by atoms with E-state index >= 15 is 0 Å². The number of nitrogens with zero attached hydrogens (tertiary/aromatic N) is 4. The molecule has 4 nitrogen and oxygen atoms in total. The Morgan fingerprint density at radius 3 is 2.64 bits per heavy atom. The van der Waals surface area contributed by atoms with Crippen LogP contribution in [0.15, 0.2) is 65.7 Å². The molecule has 0 aliphatic carbocycles. The number of hydrogen-bond donors (Lipinski definition) is 0. The van der Waals surface area contributed by atoms with E-state index in [1.807, 2.05) is 36.4 Å². The smallest absolute Gasteiger partial charge is 0.137 e. The Kier molecular flexibility index (Phi) is 5.52. The van der Waals surface area contributed by atoms with E-state index in [4.69, 9.17) is 11.6 Å². The van der Waals surface area contributed by atoms with Gasteiger partial charge in [0.2, 0.25) is 0 Å². The van der Waals surface area contributed by atoms with E-state index in [9.17, 15) is 5.26 Å². The van der Waals surface area contributed by atoms with Crippen molar-refractivity contribution in [2.24, 2.45) is 0 Å². The lowest BCUT2D eigenvalue weighted by molar-refractivity contribution is 0.402. The van der Waals surface area contributed by atoms with Gasteiger partial charge in [-0.3, -0.25) is 4.68 Å². The normalized spacial score (nSPS) is 13.2. The van der Waals surface area contributed by atoms with Gasteiger partial charge in [0, 0.05) is 9.50 Å². The fourth-order valence-electron chi connectivity index (χ4n) is 2.86. The van der Waals surface area contributed by atoms with Gasteiger partial charge in [0.15, 0.2) is 0 Å². The Bertz CT molecular complexity index is 871. The average Bonchev–Trinajstić information content (AvgIpc) is 3.13. The van der Waals surface area contributed by atoms with Gasteiger partial charge < -0.3 is 0 Å². The zero-order chi connectivity index (χ0) is 17.7. The van der Waals surface area contributed by atoms with E-state index in [1.165, 1.54) is 11.9 Å². The summed E-state index contributed by atoms with van der Waals surface area (Å²) in [5, 5.41) is 14.9. The molecule has 0 saturated heterocycles. The molecule has 0 amide bonds. The third kappa shape index (κ3) is 4.28. The topological polar surface area (TPSA) is 54.5 Å². The second-order valence-electron chi connectivity index (χ2n) is 5.92. The number of aromatic nitrogens is 3. The first-order valence-electron chi connectivity index (χ1n) is 7.85. The molecule has 2 aromatic carbocycles. The van der Waals surface area contributed by atoms with Crippen LogP contribution in [-0.4, -0.2) is 14.8 Å². The summed E-state index contributed by atoms with van der Waals surface area (Å²) in [5.41, 5.74) is 1.35. The van der Waals surface area contributed by atoms with Crippen molar-refractivity contribution in [2.75, 3.05) is 0 Å². The number of hydrogen-bond acceptors (Lipinski definition) is 3. The van der Waals surface area contributed by atoms with Gasteiger partial charge in [-0.25, -0.2) is 4.98 Å². The maximum atomic E-state index is 10.1. The molecule has 3 rings (SSSR count). The molecule has 126 valence electrons. The van der Waals surface area contributed by atoms with Gasteiger partial charge in [0.05, 0.1) is 12.6 Å². The van der Waals surface area contributed by atoms with Crippen LogP contribution in [0, 0.1) is 11.3 Å². The van der Waals surface area contributed by atoms with Gasteiger partial charge in [-0.1, -0.05) is 51.8 Å². The van der Waals surface area contributed by atoms with E-state index < -0.39 is 5.41 Å². The van der Waals surface area contributed by atoms with Crippen LogP contribution in [0.4, 0.5) is 0 Å². The van der Waals surface area contributed by atoms with E-state index in [0.29, 0.717) is 18.0 Å². The predicted molar refractivity (Wildman–Crippen MR) is 101 cm³/mol. The molecule has 0 fully saturated rings. The van der Waals surface area contributed by atoms with Crippen LogP contribution >= 0.6 is 27.5 Å². The largest absolute Gasteiger partial charge is 0.251 e. The first-order chi connectivity index (χ1) is 12.1. The predicted octanol–water partition coefficient (Wildman–Crippen LogP) is 4.79. The number of halogens is 2. The lowest BCUT2D eigenvalue weighted by Gasteiger charge is -2.27. The Balaban J connectivity index is 1.92. The van der Waals surface area contributed by atoms with Crippen molar-refractivity contribution in [3.63, 3.8) is 0 Å². The quantitative estimate of drug-likeness (QED) is 0.582. The molecule has 1 aromatic heterocycles. The van der Waals surface area contributed by atoms with E-state index in [-0.39, 0.29) is 0 Å². The molecule has 0 radical (unpaired) electrons. The van der Waals surface area contributed by atoms with Crippen LogP contribution in [-0.2, 0) is 18.4 Å². The summed E-state index contributed by atoms with van der Waals surface area (Å²) in [6, 6.07) is 18.2. The van der Waals surface area contributed by atoms with Crippen molar-refractivity contribution in [3.8, 4) is 6.07 Å². The average molecular weight is 416 g/mol. The summed E-state index contributed by atoms with van der Waals surface area (Å²) in [7, 11) is 0. The molecule has 1 atom stereocenters. The molecule has 0 N–H and O–H groups in total. The minimum Gasteiger partial charge on any atom is -0.251 e. The molecule has 0 aliphatic rings. The van der Waals surface area contributed by atoms with Gasteiger partial charge in [-0.2, -0.15) is 10.4 Å². The van der Waals surface area contributed by atoms with Gasteiger partial charge in [0.25, 0.3) is 0 Å². The van der Waals surface area contributed by atoms with Crippen molar-refractivity contribution in [1.82, 2.24) is 14.8 Å². The van der Waals surface area contributed by atoms with Crippen molar-refractivity contribution in [2.45, 2.75) is 24.8 Å². The van der Waals surface area contributed by atoms with Gasteiger partial charge >= 0.3 is 0 Å². The van der Waals surface area contributed by atoms with Gasteiger partial charge in [-0.05, 0) is 48.2 Å². The van der Waals surface area contributed by atoms with E-state index in [0.717, 1.165) is 16.5 Å². The van der Waals surface area contributed by atoms with Crippen LogP contribution < -0.4 is 0 Å². The molecule has 1 unspecified atom stereocenters. The lowest BCUT2D eigenvalue weighted by atomic mass is 9.77. The summed E-state index contributed by atoms with van der Waals surface area (Å²) < 4.78 is 2.74. The van der Waals surface area contributed by atoms with E-state index in [2.05, 4.69) is 44.2 Å². The van der Waals surface area contributed by atoms with Crippen LogP contribution in [0.5, 0.6) is 0 Å². The zero-order valence-electron chi connectivity index (χ0n) is 13.4. The number of aryl methyl sites for hydroxylation is 1. The monoisotopic (exact) mass is 414 g/mol. The Morgan fingerprint density at radius 2 is 2.00 bits per heavy atom. The summed E-state index contributed by atoms with van der Waals surface area (Å²) in [6.45, 7) is 0.431. The summed E-state index contributed by atoms with van der Waals surface area (Å²) in [6.07, 6.45) is 4.55. The van der Waals surface area contributed by atoms with Crippen molar-refractivity contribution < 1.29 is 0 Å². The van der Waals surface area contributed by atoms with Crippen LogP contribution in [0.2, 0.25) is 5.02 Å². The SMILES string of the molecule is N#CC(CCc1ccc(Br)cc1)(Cn1cncn1)c1cccc(Cl)c1. The first kappa shape index (κ1) is 17.7. The molecule has 0 saturated carbocycles. The maximum Gasteiger partial charge on any atom is 0.137 e. The molecular weight excluding hydrogens is 400 g/mol. The van der Waals surface area contributed by atoms with Crippen LogP contribution in [0.1, 0.15) is 17.5 Å². The standard InChI is InChI=1S/C19H16BrClN4/c20-17-6-4-15(5-7-17)8-9-19(11-22,12-25-14-23-13-24-25)16-2-1-3-18(21)10-16/h1-7,10,13-14H,8-9,12H2. The highest BCUT2D eigenvalue weighted by Gasteiger charge is 2.33. The molecule has 1 heterocycles. The summed E-state index contributed by atoms with van der Waals surface area (Å²) >= 11 is 9.62. The lowest BCUT2D eigenvalue weighted by Crippen LogP contribution is -2.31. The van der Waals surface area contributed by atoms with Crippen molar-refractivity contribution >= 4 is 27.5 Å². The van der Waals surface area contributed by atoms with Crippen LogP contribution in [0.3, 0.4) is 0 Å². The third-order valence-corrected chi connectivity index (χ3v) is 5.01. The summed E-state index contributed by atoms with van der Waals surface area (Å²) in [4.78, 5) is 3.99. The Labute approximate surface area is 160 Å². The molecule has 25 heavy (non-hydrogen) atoms. The highest BCUT2D eigenvalue weighted by atomic mass is 79.9. The highest BCUT2D eigenvalue weighted by Crippen LogP contribution is 2.32. The van der Waals surface area contributed by atoms with Crippen LogP contribution in [0.25, 0.3) is 0 Å². The van der Waals surface area contributed by atoms with Crippen molar-refractivity contribution in [3.05, 3.63) is 81.8 Å². The van der Waals surface area contributed by atoms with Gasteiger partial charge in [-0.15, -0.1) is 0 Å². The summed E-state index contributed by atoms with van der Waals surface area (Å²) in [5.74, 6) is 0. The second-order valence-corrected chi connectivity index (χ2v) is 7.28. The third-order valence-electron chi connectivity index (χ3n) is 4.24. The maximum absolute atomic E-state index is 10.1. The zero-order valence-corrected chi connectivity index (χ0v) is 15.8. The van der Waals surface area contributed by atoms with Crippen molar-refractivity contribution in [1.29, 1.82) is 5.26 Å². The Morgan fingerprint density at radius 1 is 1.20 bits per heavy atom. The fourth-order valence-corrected chi connectivity index (χ4v) is 3.31. The number of rotatable bonds is 6.